The third-order valence-corrected chi connectivity index (χ3v) is 3.97. The third-order valence-electron chi connectivity index (χ3n) is 3.60. The summed E-state index contributed by atoms with van der Waals surface area (Å²) in [6, 6.07) is 9.69. The van der Waals surface area contributed by atoms with Crippen LogP contribution in [0.2, 0.25) is 5.02 Å². The number of nitrogens with zero attached hydrogens (tertiary/aromatic N) is 3. The van der Waals surface area contributed by atoms with Crippen molar-refractivity contribution in [2.75, 3.05) is 17.2 Å². The molecule has 0 bridgehead atoms. The smallest absolute Gasteiger partial charge is 0.149 e. The van der Waals surface area contributed by atoms with Crippen molar-refractivity contribution in [3.63, 3.8) is 0 Å². The maximum Gasteiger partial charge on any atom is 0.149 e. The Morgan fingerprint density at radius 1 is 1.35 bits per heavy atom. The van der Waals surface area contributed by atoms with Crippen molar-refractivity contribution < 1.29 is 0 Å². The number of pyridine rings is 1. The Labute approximate surface area is 122 Å². The summed E-state index contributed by atoms with van der Waals surface area (Å²) in [5.74, 6) is 0.652. The molecule has 2 N–H and O–H groups in total. The molecule has 100 valence electrons. The van der Waals surface area contributed by atoms with Gasteiger partial charge in [-0.1, -0.05) is 23.7 Å². The molecule has 0 fully saturated rings. The summed E-state index contributed by atoms with van der Waals surface area (Å²) in [7, 11) is 0. The largest absolute Gasteiger partial charge is 0.398 e. The highest BCUT2D eigenvalue weighted by Gasteiger charge is 2.21. The Hall–Kier alpha value is -2.25. The van der Waals surface area contributed by atoms with E-state index in [1.54, 1.807) is 12.3 Å². The molecule has 0 radical (unpaired) electrons. The maximum atomic E-state index is 9.04. The molecule has 1 aliphatic rings. The molecule has 2 aromatic rings. The standard InChI is InChI=1S/C15H13ClN4/c16-14-11(8-17)4-6-19-15(14)20-7-5-10-2-1-3-13(18)12(10)9-20/h1-4,6H,5,7,9,18H2. The average molecular weight is 285 g/mol. The van der Waals surface area contributed by atoms with E-state index in [2.05, 4.69) is 22.0 Å². The Kier molecular flexibility index (Phi) is 3.21. The average Bonchev–Trinajstić information content (AvgIpc) is 2.48. The minimum atomic E-state index is 0.410. The number of halogens is 1. The van der Waals surface area contributed by atoms with Gasteiger partial charge in [-0.3, -0.25) is 0 Å². The molecule has 3 rings (SSSR count). The van der Waals surface area contributed by atoms with Gasteiger partial charge in [-0.25, -0.2) is 4.98 Å². The molecule has 5 heteroatoms. The van der Waals surface area contributed by atoms with Gasteiger partial charge in [0.15, 0.2) is 0 Å². The van der Waals surface area contributed by atoms with E-state index in [1.807, 2.05) is 12.1 Å². The van der Waals surface area contributed by atoms with E-state index in [0.29, 0.717) is 22.9 Å². The number of rotatable bonds is 1. The number of nitrogen functional groups attached to an aromatic ring is 1. The number of anilines is 2. The third kappa shape index (κ3) is 2.06. The van der Waals surface area contributed by atoms with Crippen LogP contribution >= 0.6 is 11.6 Å². The molecule has 20 heavy (non-hydrogen) atoms. The first-order chi connectivity index (χ1) is 9.70. The molecule has 4 nitrogen and oxygen atoms in total. The van der Waals surface area contributed by atoms with Gasteiger partial charge in [-0.2, -0.15) is 5.26 Å². The number of nitriles is 1. The Balaban J connectivity index is 1.99. The van der Waals surface area contributed by atoms with Gasteiger partial charge in [0.05, 0.1) is 5.56 Å². The second kappa shape index (κ2) is 5.03. The molecule has 0 atom stereocenters. The molecule has 1 aromatic carbocycles. The number of aromatic nitrogens is 1. The van der Waals surface area contributed by atoms with E-state index in [-0.39, 0.29) is 0 Å². The molecular formula is C15H13ClN4. The van der Waals surface area contributed by atoms with Crippen LogP contribution in [0.25, 0.3) is 0 Å². The van der Waals surface area contributed by atoms with Gasteiger partial charge in [-0.15, -0.1) is 0 Å². The molecule has 0 aliphatic carbocycles. The first kappa shape index (κ1) is 12.8. The molecular weight excluding hydrogens is 272 g/mol. The normalized spacial score (nSPS) is 13.7. The Morgan fingerprint density at radius 2 is 2.20 bits per heavy atom. The number of hydrogen-bond acceptors (Lipinski definition) is 4. The van der Waals surface area contributed by atoms with Crippen LogP contribution in [0.1, 0.15) is 16.7 Å². The topological polar surface area (TPSA) is 65.9 Å². The van der Waals surface area contributed by atoms with Gasteiger partial charge < -0.3 is 10.6 Å². The predicted molar refractivity (Wildman–Crippen MR) is 79.6 cm³/mol. The lowest BCUT2D eigenvalue weighted by Crippen LogP contribution is -2.32. The summed E-state index contributed by atoms with van der Waals surface area (Å²) >= 11 is 6.25. The lowest BCUT2D eigenvalue weighted by molar-refractivity contribution is 0.722. The molecule has 1 aliphatic heterocycles. The maximum absolute atomic E-state index is 9.04. The zero-order valence-corrected chi connectivity index (χ0v) is 11.6. The van der Waals surface area contributed by atoms with Gasteiger partial charge in [0, 0.05) is 25.0 Å². The monoisotopic (exact) mass is 284 g/mol. The van der Waals surface area contributed by atoms with Crippen LogP contribution in [-0.2, 0) is 13.0 Å². The van der Waals surface area contributed by atoms with Crippen LogP contribution in [0.4, 0.5) is 11.5 Å². The lowest BCUT2D eigenvalue weighted by Gasteiger charge is -2.31. The molecule has 0 saturated heterocycles. The van der Waals surface area contributed by atoms with Gasteiger partial charge in [0.2, 0.25) is 0 Å². The lowest BCUT2D eigenvalue weighted by atomic mass is 9.98. The van der Waals surface area contributed by atoms with Gasteiger partial charge >= 0.3 is 0 Å². The van der Waals surface area contributed by atoms with E-state index in [1.165, 1.54) is 5.56 Å². The summed E-state index contributed by atoms with van der Waals surface area (Å²) in [6.07, 6.45) is 2.51. The van der Waals surface area contributed by atoms with E-state index in [0.717, 1.165) is 24.2 Å². The molecule has 0 spiro atoms. The van der Waals surface area contributed by atoms with Crippen LogP contribution < -0.4 is 10.6 Å². The van der Waals surface area contributed by atoms with E-state index in [9.17, 15) is 0 Å². The van der Waals surface area contributed by atoms with E-state index in [4.69, 9.17) is 22.6 Å². The highest BCUT2D eigenvalue weighted by atomic mass is 35.5. The van der Waals surface area contributed by atoms with Gasteiger partial charge in [0.1, 0.15) is 16.9 Å². The fraction of sp³-hybridized carbons (Fsp3) is 0.200. The summed E-state index contributed by atoms with van der Waals surface area (Å²) in [5.41, 5.74) is 9.68. The number of hydrogen-bond donors (Lipinski definition) is 1. The van der Waals surface area contributed by atoms with Crippen LogP contribution in [0.3, 0.4) is 0 Å². The summed E-state index contributed by atoms with van der Waals surface area (Å²) < 4.78 is 0. The second-order valence-corrected chi connectivity index (χ2v) is 5.14. The minimum Gasteiger partial charge on any atom is -0.398 e. The highest BCUT2D eigenvalue weighted by molar-refractivity contribution is 6.34. The van der Waals surface area contributed by atoms with Crippen molar-refractivity contribution in [3.05, 3.63) is 52.2 Å². The fourth-order valence-electron chi connectivity index (χ4n) is 2.53. The first-order valence-corrected chi connectivity index (χ1v) is 6.74. The number of fused-ring (bicyclic) bond motifs is 1. The zero-order valence-electron chi connectivity index (χ0n) is 10.8. The first-order valence-electron chi connectivity index (χ1n) is 6.36. The fourth-order valence-corrected chi connectivity index (χ4v) is 2.80. The van der Waals surface area contributed by atoms with Crippen molar-refractivity contribution in [2.24, 2.45) is 0 Å². The van der Waals surface area contributed by atoms with Crippen molar-refractivity contribution in [1.82, 2.24) is 4.98 Å². The van der Waals surface area contributed by atoms with Crippen molar-refractivity contribution in [1.29, 1.82) is 5.26 Å². The van der Waals surface area contributed by atoms with Crippen LogP contribution in [0.15, 0.2) is 30.5 Å². The molecule has 2 heterocycles. The van der Waals surface area contributed by atoms with Crippen LogP contribution in [0, 0.1) is 11.3 Å². The van der Waals surface area contributed by atoms with Crippen LogP contribution in [0.5, 0.6) is 0 Å². The van der Waals surface area contributed by atoms with Crippen molar-refractivity contribution in [2.45, 2.75) is 13.0 Å². The molecule has 0 saturated carbocycles. The summed E-state index contributed by atoms with van der Waals surface area (Å²) in [5, 5.41) is 9.45. The molecule has 1 aromatic heterocycles. The predicted octanol–water partition coefficient (Wildman–Crippen LogP) is 2.75. The van der Waals surface area contributed by atoms with Crippen molar-refractivity contribution in [3.8, 4) is 6.07 Å². The number of nitrogens with two attached hydrogens (primary N) is 1. The minimum absolute atomic E-state index is 0.410. The van der Waals surface area contributed by atoms with E-state index < -0.39 is 0 Å². The second-order valence-electron chi connectivity index (χ2n) is 4.76. The molecule has 0 unspecified atom stereocenters. The van der Waals surface area contributed by atoms with Crippen molar-refractivity contribution >= 4 is 23.1 Å². The quantitative estimate of drug-likeness (QED) is 0.818. The summed E-state index contributed by atoms with van der Waals surface area (Å²) in [4.78, 5) is 6.39. The Bertz CT molecular complexity index is 706. The van der Waals surface area contributed by atoms with Gasteiger partial charge in [-0.05, 0) is 29.7 Å². The zero-order chi connectivity index (χ0) is 14.1. The highest BCUT2D eigenvalue weighted by Crippen LogP contribution is 2.32. The van der Waals surface area contributed by atoms with E-state index >= 15 is 0 Å². The Morgan fingerprint density at radius 3 is 3.00 bits per heavy atom. The molecule has 0 amide bonds. The number of benzene rings is 1. The SMILES string of the molecule is N#Cc1ccnc(N2CCc3cccc(N)c3C2)c1Cl. The van der Waals surface area contributed by atoms with Gasteiger partial charge in [0.25, 0.3) is 0 Å². The summed E-state index contributed by atoms with van der Waals surface area (Å²) in [6.45, 7) is 1.49. The van der Waals surface area contributed by atoms with Crippen LogP contribution in [-0.4, -0.2) is 11.5 Å².